The van der Waals surface area contributed by atoms with Gasteiger partial charge in [0.1, 0.15) is 11.6 Å². The average Bonchev–Trinajstić information content (AvgIpc) is 2.73. The first-order chi connectivity index (χ1) is 13.5. The first kappa shape index (κ1) is 19.3. The zero-order valence-electron chi connectivity index (χ0n) is 15.4. The van der Waals surface area contributed by atoms with Crippen LogP contribution in [0.25, 0.3) is 0 Å². The zero-order valence-corrected chi connectivity index (χ0v) is 15.4. The lowest BCUT2D eigenvalue weighted by Crippen LogP contribution is -2.48. The summed E-state index contributed by atoms with van der Waals surface area (Å²) >= 11 is 0. The van der Waals surface area contributed by atoms with Crippen LogP contribution in [-0.2, 0) is 4.79 Å². The van der Waals surface area contributed by atoms with Crippen LogP contribution in [0.15, 0.2) is 42.6 Å². The van der Waals surface area contributed by atoms with Crippen molar-refractivity contribution in [2.45, 2.75) is 25.3 Å². The minimum absolute atomic E-state index is 0.199. The minimum atomic E-state index is -0.999. The van der Waals surface area contributed by atoms with Gasteiger partial charge >= 0.3 is 5.97 Å². The predicted octanol–water partition coefficient (Wildman–Crippen LogP) is 2.42. The molecule has 2 N–H and O–H groups in total. The van der Waals surface area contributed by atoms with Gasteiger partial charge in [-0.2, -0.15) is 0 Å². The number of likely N-dealkylation sites (tertiary alicyclic amines) is 1. The van der Waals surface area contributed by atoms with Crippen LogP contribution >= 0.6 is 0 Å². The van der Waals surface area contributed by atoms with Crippen LogP contribution in [0, 0.1) is 0 Å². The molecule has 1 unspecified atom stereocenters. The van der Waals surface area contributed by atoms with Crippen LogP contribution in [0.4, 0.5) is 5.69 Å². The summed E-state index contributed by atoms with van der Waals surface area (Å²) < 4.78 is 5.09. The molecule has 0 spiro atoms. The summed E-state index contributed by atoms with van der Waals surface area (Å²) in [5.41, 5.74) is 1.01. The molecule has 0 bridgehead atoms. The molecule has 1 aliphatic heterocycles. The maximum atomic E-state index is 12.8. The second kappa shape index (κ2) is 8.51. The highest BCUT2D eigenvalue weighted by atomic mass is 16.5. The number of carboxylic acid groups (broad SMARTS) is 1. The van der Waals surface area contributed by atoms with Crippen LogP contribution < -0.4 is 10.1 Å². The van der Waals surface area contributed by atoms with Crippen molar-refractivity contribution in [3.8, 4) is 5.88 Å². The number of rotatable bonds is 5. The number of benzene rings is 1. The topological polar surface area (TPSA) is 109 Å². The highest BCUT2D eigenvalue weighted by molar-refractivity contribution is 6.06. The van der Waals surface area contributed by atoms with Crippen molar-refractivity contribution in [2.24, 2.45) is 0 Å². The van der Waals surface area contributed by atoms with Gasteiger partial charge in [-0.3, -0.25) is 9.59 Å². The fourth-order valence-electron chi connectivity index (χ4n) is 3.25. The van der Waals surface area contributed by atoms with Crippen molar-refractivity contribution in [2.75, 3.05) is 19.0 Å². The molecule has 28 heavy (non-hydrogen) atoms. The van der Waals surface area contributed by atoms with Gasteiger partial charge in [0, 0.05) is 24.0 Å². The average molecular weight is 383 g/mol. The van der Waals surface area contributed by atoms with Crippen LogP contribution in [0.2, 0.25) is 0 Å². The van der Waals surface area contributed by atoms with Crippen LogP contribution in [0.1, 0.15) is 40.0 Å². The third-order valence-corrected chi connectivity index (χ3v) is 4.63. The Morgan fingerprint density at radius 3 is 2.79 bits per heavy atom. The Labute approximate surface area is 162 Å². The number of anilines is 1. The van der Waals surface area contributed by atoms with Gasteiger partial charge in [0.2, 0.25) is 5.88 Å². The molecule has 1 aliphatic rings. The Bertz CT molecular complexity index is 899. The van der Waals surface area contributed by atoms with Crippen molar-refractivity contribution in [3.05, 3.63) is 53.7 Å². The van der Waals surface area contributed by atoms with Gasteiger partial charge in [0.15, 0.2) is 0 Å². The fraction of sp³-hybridized carbons (Fsp3) is 0.300. The van der Waals surface area contributed by atoms with Crippen molar-refractivity contribution < 1.29 is 24.2 Å². The van der Waals surface area contributed by atoms with Gasteiger partial charge in [-0.25, -0.2) is 9.78 Å². The molecule has 1 aromatic heterocycles. The third kappa shape index (κ3) is 4.11. The molecule has 2 heterocycles. The van der Waals surface area contributed by atoms with E-state index in [-0.39, 0.29) is 17.4 Å². The van der Waals surface area contributed by atoms with Crippen LogP contribution in [-0.4, -0.2) is 52.5 Å². The lowest BCUT2D eigenvalue weighted by Gasteiger charge is -2.33. The van der Waals surface area contributed by atoms with Crippen molar-refractivity contribution in [1.82, 2.24) is 9.88 Å². The number of nitrogens with zero attached hydrogens (tertiary/aromatic N) is 2. The molecule has 2 amide bonds. The summed E-state index contributed by atoms with van der Waals surface area (Å²) in [7, 11) is 1.43. The molecule has 8 heteroatoms. The fourth-order valence-corrected chi connectivity index (χ4v) is 3.25. The first-order valence-corrected chi connectivity index (χ1v) is 8.95. The number of hydrogen-bond acceptors (Lipinski definition) is 5. The molecule has 8 nitrogen and oxygen atoms in total. The first-order valence-electron chi connectivity index (χ1n) is 8.95. The number of aliphatic carboxylic acids is 1. The standard InChI is InChI=1S/C20H21N3O5/c1-28-18-15(8-5-10-21-18)17(24)22-14-7-4-6-13(12-14)19(25)23-11-3-2-9-16(23)20(26)27/h4-8,10,12,16H,2-3,9,11H2,1H3,(H,22,24)(H,26,27). The Balaban J connectivity index is 1.79. The summed E-state index contributed by atoms with van der Waals surface area (Å²) in [4.78, 5) is 42.2. The molecule has 1 fully saturated rings. The van der Waals surface area contributed by atoms with Gasteiger partial charge in [0.05, 0.1) is 7.11 Å². The van der Waals surface area contributed by atoms with Gasteiger partial charge in [-0.05, 0) is 49.6 Å². The van der Waals surface area contributed by atoms with E-state index < -0.39 is 17.9 Å². The molecule has 1 saturated heterocycles. The summed E-state index contributed by atoms with van der Waals surface area (Å²) in [6.07, 6.45) is 3.52. The van der Waals surface area contributed by atoms with E-state index in [2.05, 4.69) is 10.3 Å². The summed E-state index contributed by atoms with van der Waals surface area (Å²) in [6, 6.07) is 8.83. The van der Waals surface area contributed by atoms with E-state index in [0.29, 0.717) is 24.2 Å². The molecule has 3 rings (SSSR count). The number of pyridine rings is 1. The van der Waals surface area contributed by atoms with Gasteiger partial charge in [-0.1, -0.05) is 6.07 Å². The van der Waals surface area contributed by atoms with Crippen molar-refractivity contribution in [1.29, 1.82) is 0 Å². The minimum Gasteiger partial charge on any atom is -0.480 e. The number of piperidine rings is 1. The van der Waals surface area contributed by atoms with Gasteiger partial charge in [0.25, 0.3) is 11.8 Å². The predicted molar refractivity (Wildman–Crippen MR) is 101 cm³/mol. The quantitative estimate of drug-likeness (QED) is 0.821. The lowest BCUT2D eigenvalue weighted by atomic mass is 10.0. The van der Waals surface area contributed by atoms with Gasteiger partial charge < -0.3 is 20.1 Å². The summed E-state index contributed by atoms with van der Waals surface area (Å²) in [5, 5.41) is 12.1. The zero-order chi connectivity index (χ0) is 20.1. The van der Waals surface area contributed by atoms with E-state index in [1.807, 2.05) is 0 Å². The molecule has 0 radical (unpaired) electrons. The number of carboxylic acids is 1. The number of carbonyl (C=O) groups excluding carboxylic acids is 2. The van der Waals surface area contributed by atoms with E-state index in [1.54, 1.807) is 30.3 Å². The highest BCUT2D eigenvalue weighted by Crippen LogP contribution is 2.22. The number of hydrogen-bond donors (Lipinski definition) is 2. The van der Waals surface area contributed by atoms with Crippen molar-refractivity contribution >= 4 is 23.5 Å². The summed E-state index contributed by atoms with van der Waals surface area (Å²) in [5.74, 6) is -1.58. The van der Waals surface area contributed by atoms with Crippen LogP contribution in [0.5, 0.6) is 5.88 Å². The monoisotopic (exact) mass is 383 g/mol. The molecule has 0 saturated carbocycles. The molecule has 0 aliphatic carbocycles. The third-order valence-electron chi connectivity index (χ3n) is 4.63. The molecule has 146 valence electrons. The molecular formula is C20H21N3O5. The molecular weight excluding hydrogens is 362 g/mol. The number of aromatic nitrogens is 1. The molecule has 1 atom stereocenters. The largest absolute Gasteiger partial charge is 0.480 e. The second-order valence-electron chi connectivity index (χ2n) is 6.44. The number of methoxy groups -OCH3 is 1. The molecule has 2 aromatic rings. The van der Waals surface area contributed by atoms with E-state index in [9.17, 15) is 19.5 Å². The highest BCUT2D eigenvalue weighted by Gasteiger charge is 2.32. The van der Waals surface area contributed by atoms with E-state index >= 15 is 0 Å². The maximum Gasteiger partial charge on any atom is 0.326 e. The Kier molecular flexibility index (Phi) is 5.88. The lowest BCUT2D eigenvalue weighted by molar-refractivity contribution is -0.143. The second-order valence-corrected chi connectivity index (χ2v) is 6.44. The number of amides is 2. The van der Waals surface area contributed by atoms with Crippen molar-refractivity contribution in [3.63, 3.8) is 0 Å². The number of carbonyl (C=O) groups is 3. The van der Waals surface area contributed by atoms with E-state index in [0.717, 1.165) is 12.8 Å². The normalized spacial score (nSPS) is 16.3. The van der Waals surface area contributed by atoms with E-state index in [1.165, 1.54) is 24.3 Å². The smallest absolute Gasteiger partial charge is 0.326 e. The Hall–Kier alpha value is -3.42. The Morgan fingerprint density at radius 1 is 1.21 bits per heavy atom. The Morgan fingerprint density at radius 2 is 2.04 bits per heavy atom. The number of ether oxygens (including phenoxy) is 1. The van der Waals surface area contributed by atoms with Gasteiger partial charge in [-0.15, -0.1) is 0 Å². The number of nitrogens with one attached hydrogen (secondary N) is 1. The maximum absolute atomic E-state index is 12.8. The SMILES string of the molecule is COc1ncccc1C(=O)Nc1cccc(C(=O)N2CCCCC2C(=O)O)c1. The molecule has 1 aromatic carbocycles. The van der Waals surface area contributed by atoms with Crippen LogP contribution in [0.3, 0.4) is 0 Å². The summed E-state index contributed by atoms with van der Waals surface area (Å²) in [6.45, 7) is 0.402. The van der Waals surface area contributed by atoms with E-state index in [4.69, 9.17) is 4.74 Å².